The summed E-state index contributed by atoms with van der Waals surface area (Å²) in [6, 6.07) is 16.2. The van der Waals surface area contributed by atoms with Crippen molar-refractivity contribution in [3.8, 4) is 0 Å². The third-order valence-corrected chi connectivity index (χ3v) is 6.57. The third-order valence-electron chi connectivity index (χ3n) is 6.57. The van der Waals surface area contributed by atoms with Gasteiger partial charge in [0.25, 0.3) is 0 Å². The molecule has 184 valence electrons. The topological polar surface area (TPSA) is 3.24 Å². The largest absolute Gasteiger partial charge is 0.416 e. The minimum absolute atomic E-state index is 0.00147. The van der Waals surface area contributed by atoms with Crippen molar-refractivity contribution < 1.29 is 13.2 Å². The van der Waals surface area contributed by atoms with E-state index in [9.17, 15) is 13.2 Å². The predicted molar refractivity (Wildman–Crippen MR) is 137 cm³/mol. The lowest BCUT2D eigenvalue weighted by Gasteiger charge is -2.44. The van der Waals surface area contributed by atoms with E-state index in [4.69, 9.17) is 0 Å². The van der Waals surface area contributed by atoms with Crippen molar-refractivity contribution >= 4 is 5.69 Å². The summed E-state index contributed by atoms with van der Waals surface area (Å²) in [6.07, 6.45) is 3.75. The van der Waals surface area contributed by atoms with Gasteiger partial charge in [0.15, 0.2) is 0 Å². The van der Waals surface area contributed by atoms with E-state index in [-0.39, 0.29) is 6.04 Å². The molecule has 1 heterocycles. The Morgan fingerprint density at radius 1 is 0.676 bits per heavy atom. The number of hydrogen-bond acceptors (Lipinski definition) is 1. The molecule has 0 amide bonds. The Bertz CT molecular complexity index is 984. The molecule has 0 fully saturated rings. The summed E-state index contributed by atoms with van der Waals surface area (Å²) in [4.78, 5) is 2.36. The van der Waals surface area contributed by atoms with Crippen molar-refractivity contribution in [2.45, 2.75) is 91.3 Å². The van der Waals surface area contributed by atoms with E-state index in [0.29, 0.717) is 0 Å². The number of benzene rings is 2. The molecule has 4 heteroatoms. The molecule has 0 spiro atoms. The molecule has 3 rings (SSSR count). The van der Waals surface area contributed by atoms with Gasteiger partial charge >= 0.3 is 6.18 Å². The van der Waals surface area contributed by atoms with Gasteiger partial charge in [-0.05, 0) is 72.2 Å². The van der Waals surface area contributed by atoms with Crippen molar-refractivity contribution in [2.24, 2.45) is 0 Å². The van der Waals surface area contributed by atoms with Gasteiger partial charge < -0.3 is 4.90 Å². The molecule has 34 heavy (non-hydrogen) atoms. The molecule has 1 unspecified atom stereocenters. The summed E-state index contributed by atoms with van der Waals surface area (Å²) in [5.41, 5.74) is 7.05. The Balaban J connectivity index is 2.31. The number of alkyl halides is 3. The molecular weight excluding hydrogens is 431 g/mol. The molecule has 1 aliphatic rings. The van der Waals surface area contributed by atoms with Crippen molar-refractivity contribution in [1.29, 1.82) is 0 Å². The first-order valence-electron chi connectivity index (χ1n) is 12.8. The van der Waals surface area contributed by atoms with Gasteiger partial charge in [0, 0.05) is 11.4 Å². The molecule has 2 aromatic carbocycles. The fraction of sp³-hybridized carbons (Fsp3) is 0.467. The number of anilines is 1. The van der Waals surface area contributed by atoms with Crippen molar-refractivity contribution in [2.75, 3.05) is 4.90 Å². The highest BCUT2D eigenvalue weighted by Crippen LogP contribution is 2.49. The van der Waals surface area contributed by atoms with E-state index in [0.717, 1.165) is 57.1 Å². The fourth-order valence-corrected chi connectivity index (χ4v) is 5.26. The Morgan fingerprint density at radius 2 is 1.24 bits per heavy atom. The van der Waals surface area contributed by atoms with Crippen LogP contribution in [0.15, 0.2) is 77.0 Å². The highest BCUT2D eigenvalue weighted by Gasteiger charge is 2.36. The summed E-state index contributed by atoms with van der Waals surface area (Å²) in [5, 5.41) is 0. The summed E-state index contributed by atoms with van der Waals surface area (Å²) in [6.45, 7) is 8.85. The Hall–Kier alpha value is -2.49. The smallest absolute Gasteiger partial charge is 0.334 e. The highest BCUT2D eigenvalue weighted by molar-refractivity contribution is 5.64. The van der Waals surface area contributed by atoms with Gasteiger partial charge in [-0.2, -0.15) is 13.2 Å². The molecule has 0 aromatic heterocycles. The first kappa shape index (κ1) is 26.1. The molecule has 1 atom stereocenters. The lowest BCUT2D eigenvalue weighted by molar-refractivity contribution is -0.137. The van der Waals surface area contributed by atoms with E-state index >= 15 is 0 Å². The number of allylic oxidation sites excluding steroid dienone is 3. The van der Waals surface area contributed by atoms with Crippen LogP contribution in [0.3, 0.4) is 0 Å². The summed E-state index contributed by atoms with van der Waals surface area (Å²) >= 11 is 0. The van der Waals surface area contributed by atoms with Crippen LogP contribution in [0.25, 0.3) is 0 Å². The van der Waals surface area contributed by atoms with Crippen LogP contribution in [0, 0.1) is 0 Å². The highest BCUT2D eigenvalue weighted by atomic mass is 19.4. The number of hydrogen-bond donors (Lipinski definition) is 0. The molecule has 0 bridgehead atoms. The first-order valence-corrected chi connectivity index (χ1v) is 12.8. The molecule has 0 saturated carbocycles. The van der Waals surface area contributed by atoms with Gasteiger partial charge in [-0.15, -0.1) is 0 Å². The van der Waals surface area contributed by atoms with E-state index in [1.54, 1.807) is 12.1 Å². The molecule has 0 N–H and O–H groups in total. The third kappa shape index (κ3) is 5.59. The normalized spacial score (nSPS) is 17.0. The second-order valence-corrected chi connectivity index (χ2v) is 9.16. The maximum Gasteiger partial charge on any atom is 0.416 e. The molecule has 0 aliphatic carbocycles. The van der Waals surface area contributed by atoms with Gasteiger partial charge in [-0.3, -0.25) is 0 Å². The minimum atomic E-state index is -4.34. The standard InChI is InChI=1S/C30H38F3N/c1-5-12-25-26(13-6-2)28(15-8-4)34(24-20-18-23(19-21-24)30(31,32)33)29(27(25)14-7-3)22-16-10-9-11-17-22/h9-11,16-21,29H,5-8,12-15H2,1-4H3. The summed E-state index contributed by atoms with van der Waals surface area (Å²) in [5.74, 6) is 0. The maximum absolute atomic E-state index is 13.3. The zero-order chi connectivity index (χ0) is 24.7. The zero-order valence-electron chi connectivity index (χ0n) is 21.0. The van der Waals surface area contributed by atoms with E-state index < -0.39 is 11.7 Å². The van der Waals surface area contributed by atoms with Crippen molar-refractivity contribution in [3.05, 3.63) is 88.1 Å². The van der Waals surface area contributed by atoms with Crippen LogP contribution >= 0.6 is 0 Å². The summed E-state index contributed by atoms with van der Waals surface area (Å²) < 4.78 is 40.0. The summed E-state index contributed by atoms with van der Waals surface area (Å²) in [7, 11) is 0. The van der Waals surface area contributed by atoms with Crippen LogP contribution < -0.4 is 4.90 Å². The Morgan fingerprint density at radius 3 is 1.76 bits per heavy atom. The van der Waals surface area contributed by atoms with Gasteiger partial charge in [-0.25, -0.2) is 0 Å². The monoisotopic (exact) mass is 469 g/mol. The molecule has 2 aromatic rings. The van der Waals surface area contributed by atoms with Crippen LogP contribution in [0.2, 0.25) is 0 Å². The van der Waals surface area contributed by atoms with E-state index in [2.05, 4.69) is 56.9 Å². The zero-order valence-corrected chi connectivity index (χ0v) is 21.0. The number of nitrogens with zero attached hydrogens (tertiary/aromatic N) is 1. The number of halogens is 3. The molecule has 0 radical (unpaired) electrons. The van der Waals surface area contributed by atoms with E-state index in [1.165, 1.54) is 40.1 Å². The van der Waals surface area contributed by atoms with Crippen molar-refractivity contribution in [3.63, 3.8) is 0 Å². The molecular formula is C30H38F3N. The second-order valence-electron chi connectivity index (χ2n) is 9.16. The Kier molecular flexibility index (Phi) is 9.04. The first-order chi connectivity index (χ1) is 16.4. The van der Waals surface area contributed by atoms with Gasteiger partial charge in [-0.1, -0.05) is 83.7 Å². The molecule has 0 saturated heterocycles. The maximum atomic E-state index is 13.3. The quantitative estimate of drug-likeness (QED) is 0.334. The predicted octanol–water partition coefficient (Wildman–Crippen LogP) is 10.0. The average Bonchev–Trinajstić information content (AvgIpc) is 2.82. The molecule has 1 aliphatic heterocycles. The fourth-order valence-electron chi connectivity index (χ4n) is 5.26. The van der Waals surface area contributed by atoms with Crippen LogP contribution in [0.5, 0.6) is 0 Å². The van der Waals surface area contributed by atoms with Gasteiger partial charge in [0.05, 0.1) is 11.6 Å². The van der Waals surface area contributed by atoms with Gasteiger partial charge in [0.2, 0.25) is 0 Å². The number of rotatable bonds is 10. The average molecular weight is 470 g/mol. The lowest BCUT2D eigenvalue weighted by atomic mass is 9.79. The van der Waals surface area contributed by atoms with E-state index in [1.807, 2.05) is 6.07 Å². The second kappa shape index (κ2) is 11.8. The minimum Gasteiger partial charge on any atom is -0.334 e. The molecule has 1 nitrogen and oxygen atoms in total. The Labute approximate surface area is 203 Å². The van der Waals surface area contributed by atoms with Crippen molar-refractivity contribution in [1.82, 2.24) is 0 Å². The lowest BCUT2D eigenvalue weighted by Crippen LogP contribution is -2.35. The van der Waals surface area contributed by atoms with Crippen LogP contribution in [-0.4, -0.2) is 0 Å². The van der Waals surface area contributed by atoms with Gasteiger partial charge in [0.1, 0.15) is 0 Å². The SMILES string of the molecule is CCCC1=C(CCC)C(c2ccccc2)N(c2ccc(C(F)(F)F)cc2)C(CCC)=C1CCC. The van der Waals surface area contributed by atoms with Crippen LogP contribution in [0.1, 0.15) is 96.2 Å². The van der Waals surface area contributed by atoms with Crippen LogP contribution in [-0.2, 0) is 6.18 Å². The van der Waals surface area contributed by atoms with Crippen LogP contribution in [0.4, 0.5) is 18.9 Å².